The largest absolute Gasteiger partial charge is 0.497 e. The van der Waals surface area contributed by atoms with Crippen LogP contribution in [0.1, 0.15) is 17.5 Å². The third-order valence-electron chi connectivity index (χ3n) is 5.04. The average Bonchev–Trinajstić information content (AvgIpc) is 2.70. The van der Waals surface area contributed by atoms with E-state index in [-0.39, 0.29) is 18.2 Å². The minimum Gasteiger partial charge on any atom is -0.497 e. The Morgan fingerprint density at radius 1 is 1.00 bits per heavy atom. The number of ether oxygens (including phenoxy) is 1. The lowest BCUT2D eigenvalue weighted by Gasteiger charge is -2.36. The van der Waals surface area contributed by atoms with Crippen LogP contribution in [-0.4, -0.2) is 50.0 Å². The average molecular weight is 381 g/mol. The molecule has 0 bridgehead atoms. The molecule has 1 fully saturated rings. The van der Waals surface area contributed by atoms with Crippen LogP contribution >= 0.6 is 0 Å². The van der Waals surface area contributed by atoms with E-state index in [1.165, 1.54) is 0 Å². The molecule has 2 aromatic carbocycles. The van der Waals surface area contributed by atoms with E-state index in [4.69, 9.17) is 4.74 Å². The predicted molar refractivity (Wildman–Crippen MR) is 111 cm³/mol. The number of benzene rings is 2. The van der Waals surface area contributed by atoms with Crippen LogP contribution in [0.5, 0.6) is 5.75 Å². The topological polar surface area (TPSA) is 61.9 Å². The number of carbonyl (C=O) groups excluding carboxylic acids is 2. The highest BCUT2D eigenvalue weighted by Gasteiger charge is 2.23. The van der Waals surface area contributed by atoms with Crippen molar-refractivity contribution >= 4 is 23.2 Å². The summed E-state index contributed by atoms with van der Waals surface area (Å²) in [6.07, 6.45) is -0.129. The lowest BCUT2D eigenvalue weighted by atomic mass is 10.1. The van der Waals surface area contributed by atoms with Crippen molar-refractivity contribution in [2.45, 2.75) is 20.3 Å². The second kappa shape index (κ2) is 8.78. The first kappa shape index (κ1) is 19.7. The van der Waals surface area contributed by atoms with Crippen molar-refractivity contribution in [2.24, 2.45) is 0 Å². The molecule has 3 rings (SSSR count). The highest BCUT2D eigenvalue weighted by molar-refractivity contribution is 6.03. The zero-order chi connectivity index (χ0) is 20.1. The molecule has 1 N–H and O–H groups in total. The highest BCUT2D eigenvalue weighted by atomic mass is 16.5. The Labute approximate surface area is 166 Å². The third-order valence-corrected chi connectivity index (χ3v) is 5.04. The number of rotatable bonds is 5. The van der Waals surface area contributed by atoms with Crippen molar-refractivity contribution in [3.05, 3.63) is 53.6 Å². The third kappa shape index (κ3) is 4.82. The molecule has 148 valence electrons. The molecule has 0 atom stereocenters. The van der Waals surface area contributed by atoms with E-state index in [0.29, 0.717) is 13.1 Å². The fourth-order valence-corrected chi connectivity index (χ4v) is 3.40. The number of aryl methyl sites for hydroxylation is 2. The van der Waals surface area contributed by atoms with Gasteiger partial charge in [-0.15, -0.1) is 0 Å². The van der Waals surface area contributed by atoms with E-state index in [0.717, 1.165) is 41.3 Å². The number of nitrogens with one attached hydrogen (secondary N) is 1. The zero-order valence-electron chi connectivity index (χ0n) is 16.7. The number of amides is 2. The molecule has 1 saturated heterocycles. The summed E-state index contributed by atoms with van der Waals surface area (Å²) in [6.45, 7) is 6.67. The number of methoxy groups -OCH3 is 1. The van der Waals surface area contributed by atoms with E-state index in [1.54, 1.807) is 12.0 Å². The summed E-state index contributed by atoms with van der Waals surface area (Å²) in [5, 5.41) is 2.84. The summed E-state index contributed by atoms with van der Waals surface area (Å²) in [6, 6.07) is 13.7. The van der Waals surface area contributed by atoms with Gasteiger partial charge in [0.05, 0.1) is 7.11 Å². The van der Waals surface area contributed by atoms with Crippen molar-refractivity contribution < 1.29 is 14.3 Å². The van der Waals surface area contributed by atoms with Crippen LogP contribution in [0.15, 0.2) is 42.5 Å². The van der Waals surface area contributed by atoms with Gasteiger partial charge in [0.15, 0.2) is 0 Å². The van der Waals surface area contributed by atoms with Gasteiger partial charge in [0.2, 0.25) is 11.8 Å². The molecule has 1 aliphatic rings. The van der Waals surface area contributed by atoms with Crippen molar-refractivity contribution in [1.29, 1.82) is 0 Å². The van der Waals surface area contributed by atoms with Crippen LogP contribution in [0.4, 0.5) is 11.4 Å². The molecule has 6 nitrogen and oxygen atoms in total. The van der Waals surface area contributed by atoms with Gasteiger partial charge in [0.25, 0.3) is 0 Å². The fourth-order valence-electron chi connectivity index (χ4n) is 3.40. The van der Waals surface area contributed by atoms with Gasteiger partial charge in [-0.2, -0.15) is 0 Å². The standard InChI is InChI=1S/C22H27N3O3/c1-16-4-9-20(17(2)14-16)23-21(26)15-22(27)25-12-10-24(11-13-25)18-5-7-19(28-3)8-6-18/h4-9,14H,10-13,15H2,1-3H3,(H,23,26). The van der Waals surface area contributed by atoms with Gasteiger partial charge in [0.1, 0.15) is 12.2 Å². The minimum absolute atomic E-state index is 0.128. The summed E-state index contributed by atoms with van der Waals surface area (Å²) in [5.74, 6) is 0.429. The monoisotopic (exact) mass is 381 g/mol. The molecule has 0 aromatic heterocycles. The second-order valence-corrected chi connectivity index (χ2v) is 7.11. The number of nitrogens with zero attached hydrogens (tertiary/aromatic N) is 2. The Bertz CT molecular complexity index is 841. The van der Waals surface area contributed by atoms with E-state index in [1.807, 2.05) is 56.3 Å². The maximum atomic E-state index is 12.5. The summed E-state index contributed by atoms with van der Waals surface area (Å²) >= 11 is 0. The summed E-state index contributed by atoms with van der Waals surface area (Å²) in [4.78, 5) is 28.8. The summed E-state index contributed by atoms with van der Waals surface area (Å²) in [5.41, 5.74) is 4.00. The maximum absolute atomic E-state index is 12.5. The Kier molecular flexibility index (Phi) is 6.19. The molecule has 28 heavy (non-hydrogen) atoms. The van der Waals surface area contributed by atoms with Crippen molar-refractivity contribution in [2.75, 3.05) is 43.5 Å². The molecular formula is C22H27N3O3. The number of hydrogen-bond acceptors (Lipinski definition) is 4. The molecule has 2 aromatic rings. The van der Waals surface area contributed by atoms with Gasteiger partial charge in [-0.25, -0.2) is 0 Å². The molecule has 6 heteroatoms. The predicted octanol–water partition coefficient (Wildman–Crippen LogP) is 2.99. The summed E-state index contributed by atoms with van der Waals surface area (Å²) < 4.78 is 5.19. The molecule has 1 heterocycles. The van der Waals surface area contributed by atoms with Crippen LogP contribution in [0.2, 0.25) is 0 Å². The fraction of sp³-hybridized carbons (Fsp3) is 0.364. The van der Waals surface area contributed by atoms with Crippen LogP contribution < -0.4 is 15.0 Å². The first-order valence-corrected chi connectivity index (χ1v) is 9.50. The molecular weight excluding hydrogens is 354 g/mol. The second-order valence-electron chi connectivity index (χ2n) is 7.11. The maximum Gasteiger partial charge on any atom is 0.233 e. The Morgan fingerprint density at radius 3 is 2.29 bits per heavy atom. The van der Waals surface area contributed by atoms with Crippen molar-refractivity contribution in [3.63, 3.8) is 0 Å². The van der Waals surface area contributed by atoms with E-state index < -0.39 is 0 Å². The van der Waals surface area contributed by atoms with Gasteiger partial charge in [-0.1, -0.05) is 17.7 Å². The normalized spacial score (nSPS) is 14.0. The Morgan fingerprint density at radius 2 is 1.68 bits per heavy atom. The molecule has 0 saturated carbocycles. The zero-order valence-corrected chi connectivity index (χ0v) is 16.7. The first-order chi connectivity index (χ1) is 13.5. The number of hydrogen-bond donors (Lipinski definition) is 1. The first-order valence-electron chi connectivity index (χ1n) is 9.50. The molecule has 2 amide bonds. The smallest absolute Gasteiger partial charge is 0.233 e. The molecule has 1 aliphatic heterocycles. The lowest BCUT2D eigenvalue weighted by Crippen LogP contribution is -2.49. The van der Waals surface area contributed by atoms with E-state index in [9.17, 15) is 9.59 Å². The Hall–Kier alpha value is -3.02. The number of anilines is 2. The van der Waals surface area contributed by atoms with Gasteiger partial charge >= 0.3 is 0 Å². The van der Waals surface area contributed by atoms with Gasteiger partial charge in [0, 0.05) is 37.6 Å². The van der Waals surface area contributed by atoms with Crippen molar-refractivity contribution in [1.82, 2.24) is 4.90 Å². The van der Waals surface area contributed by atoms with Crippen LogP contribution in [-0.2, 0) is 9.59 Å². The van der Waals surface area contributed by atoms with Gasteiger partial charge < -0.3 is 19.9 Å². The number of carbonyl (C=O) groups is 2. The quantitative estimate of drug-likeness (QED) is 0.809. The molecule has 0 radical (unpaired) electrons. The van der Waals surface area contributed by atoms with Crippen molar-refractivity contribution in [3.8, 4) is 5.75 Å². The Balaban J connectivity index is 1.49. The highest BCUT2D eigenvalue weighted by Crippen LogP contribution is 2.21. The number of piperazine rings is 1. The molecule has 0 spiro atoms. The summed E-state index contributed by atoms with van der Waals surface area (Å²) in [7, 11) is 1.65. The van der Waals surface area contributed by atoms with E-state index >= 15 is 0 Å². The SMILES string of the molecule is COc1ccc(N2CCN(C(=O)CC(=O)Nc3ccc(C)cc3C)CC2)cc1. The molecule has 0 aliphatic carbocycles. The minimum atomic E-state index is -0.269. The van der Waals surface area contributed by atoms with Crippen LogP contribution in [0.3, 0.4) is 0 Å². The molecule has 0 unspecified atom stereocenters. The van der Waals surface area contributed by atoms with Crippen LogP contribution in [0.25, 0.3) is 0 Å². The van der Waals surface area contributed by atoms with Gasteiger partial charge in [-0.05, 0) is 49.7 Å². The van der Waals surface area contributed by atoms with E-state index in [2.05, 4.69) is 10.2 Å². The lowest BCUT2D eigenvalue weighted by molar-refractivity contribution is -0.134. The van der Waals surface area contributed by atoms with Gasteiger partial charge in [-0.3, -0.25) is 9.59 Å². The van der Waals surface area contributed by atoms with Crippen LogP contribution in [0, 0.1) is 13.8 Å².